The first-order valence-corrected chi connectivity index (χ1v) is 9.32. The molecule has 0 bridgehead atoms. The smallest absolute Gasteiger partial charge is 0.226 e. The molecule has 1 aliphatic heterocycles. The maximum absolute atomic E-state index is 12.5. The SMILES string of the molecule is O=C(Cc1csc(-c2ccc(O)cc2)n1)N[C@@H]1CCOc2ccccc21. The number of hydrogen-bond donors (Lipinski definition) is 2. The van der Waals surface area contributed by atoms with Crippen molar-refractivity contribution < 1.29 is 14.6 Å². The summed E-state index contributed by atoms with van der Waals surface area (Å²) in [4.78, 5) is 17.0. The van der Waals surface area contributed by atoms with Crippen molar-refractivity contribution >= 4 is 17.2 Å². The second kappa shape index (κ2) is 7.17. The third kappa shape index (κ3) is 3.55. The number of nitrogens with one attached hydrogen (secondary N) is 1. The number of hydrogen-bond acceptors (Lipinski definition) is 5. The van der Waals surface area contributed by atoms with E-state index in [0.717, 1.165) is 34.0 Å². The molecule has 6 heteroatoms. The van der Waals surface area contributed by atoms with Gasteiger partial charge in [-0.3, -0.25) is 4.79 Å². The van der Waals surface area contributed by atoms with E-state index in [-0.39, 0.29) is 24.1 Å². The van der Waals surface area contributed by atoms with Gasteiger partial charge in [0.05, 0.1) is 24.8 Å². The van der Waals surface area contributed by atoms with Crippen molar-refractivity contribution in [1.82, 2.24) is 10.3 Å². The van der Waals surface area contributed by atoms with E-state index in [1.165, 1.54) is 11.3 Å². The predicted molar refractivity (Wildman–Crippen MR) is 100 cm³/mol. The van der Waals surface area contributed by atoms with Crippen LogP contribution in [-0.2, 0) is 11.2 Å². The Morgan fingerprint density at radius 3 is 2.88 bits per heavy atom. The molecule has 0 fully saturated rings. The molecule has 4 rings (SSSR count). The fourth-order valence-electron chi connectivity index (χ4n) is 3.03. The van der Waals surface area contributed by atoms with E-state index < -0.39 is 0 Å². The maximum atomic E-state index is 12.5. The Hall–Kier alpha value is -2.86. The Morgan fingerprint density at radius 2 is 2.04 bits per heavy atom. The fourth-order valence-corrected chi connectivity index (χ4v) is 3.85. The van der Waals surface area contributed by atoms with Crippen molar-refractivity contribution in [3.63, 3.8) is 0 Å². The summed E-state index contributed by atoms with van der Waals surface area (Å²) in [6.07, 6.45) is 1.01. The topological polar surface area (TPSA) is 71.5 Å². The lowest BCUT2D eigenvalue weighted by Gasteiger charge is -2.26. The predicted octanol–water partition coefficient (Wildman–Crippen LogP) is 3.70. The lowest BCUT2D eigenvalue weighted by molar-refractivity contribution is -0.121. The van der Waals surface area contributed by atoms with Gasteiger partial charge in [-0.2, -0.15) is 0 Å². The Balaban J connectivity index is 1.42. The molecule has 0 spiro atoms. The molecule has 0 saturated carbocycles. The summed E-state index contributed by atoms with van der Waals surface area (Å²) in [6, 6.07) is 14.7. The standard InChI is InChI=1S/C20H18N2O3S/c23-15-7-5-13(6-8-15)20-21-14(12-26-20)11-19(24)22-17-9-10-25-18-4-2-1-3-16(17)18/h1-8,12,17,23H,9-11H2,(H,22,24)/t17-/m1/s1. The van der Waals surface area contributed by atoms with E-state index in [1.807, 2.05) is 41.8 Å². The highest BCUT2D eigenvalue weighted by atomic mass is 32.1. The molecular weight excluding hydrogens is 348 g/mol. The van der Waals surface area contributed by atoms with Crippen LogP contribution in [0.4, 0.5) is 0 Å². The minimum absolute atomic E-state index is 0.0253. The summed E-state index contributed by atoms with van der Waals surface area (Å²) < 4.78 is 5.63. The number of fused-ring (bicyclic) bond motifs is 1. The van der Waals surface area contributed by atoms with Crippen LogP contribution in [0.1, 0.15) is 23.7 Å². The zero-order valence-corrected chi connectivity index (χ0v) is 14.8. The van der Waals surface area contributed by atoms with Gasteiger partial charge in [0, 0.05) is 22.9 Å². The van der Waals surface area contributed by atoms with Crippen LogP contribution in [0.2, 0.25) is 0 Å². The van der Waals surface area contributed by atoms with Crippen LogP contribution < -0.4 is 10.1 Å². The summed E-state index contributed by atoms with van der Waals surface area (Å²) in [7, 11) is 0. The van der Waals surface area contributed by atoms with Crippen molar-refractivity contribution in [2.24, 2.45) is 0 Å². The van der Waals surface area contributed by atoms with Crippen LogP contribution in [0.25, 0.3) is 10.6 Å². The van der Waals surface area contributed by atoms with Gasteiger partial charge in [-0.05, 0) is 30.3 Å². The van der Waals surface area contributed by atoms with Gasteiger partial charge < -0.3 is 15.2 Å². The molecule has 0 saturated heterocycles. The largest absolute Gasteiger partial charge is 0.508 e. The van der Waals surface area contributed by atoms with Crippen molar-refractivity contribution in [3.8, 4) is 22.1 Å². The molecule has 0 radical (unpaired) electrons. The molecule has 26 heavy (non-hydrogen) atoms. The number of nitrogens with zero attached hydrogens (tertiary/aromatic N) is 1. The molecule has 3 aromatic rings. The zero-order valence-electron chi connectivity index (χ0n) is 14.0. The summed E-state index contributed by atoms with van der Waals surface area (Å²) >= 11 is 1.49. The van der Waals surface area contributed by atoms with E-state index in [1.54, 1.807) is 12.1 Å². The van der Waals surface area contributed by atoms with Crippen molar-refractivity contribution in [3.05, 3.63) is 65.2 Å². The molecule has 2 aromatic carbocycles. The van der Waals surface area contributed by atoms with Crippen LogP contribution in [0, 0.1) is 0 Å². The number of ether oxygens (including phenoxy) is 1. The van der Waals surface area contributed by atoms with E-state index in [4.69, 9.17) is 4.74 Å². The maximum Gasteiger partial charge on any atom is 0.226 e. The normalized spacial score (nSPS) is 15.8. The van der Waals surface area contributed by atoms with Gasteiger partial charge in [-0.15, -0.1) is 11.3 Å². The molecule has 2 N–H and O–H groups in total. The lowest BCUT2D eigenvalue weighted by atomic mass is 10.0. The first-order valence-electron chi connectivity index (χ1n) is 8.44. The van der Waals surface area contributed by atoms with E-state index in [9.17, 15) is 9.90 Å². The second-order valence-electron chi connectivity index (χ2n) is 6.16. The minimum Gasteiger partial charge on any atom is -0.508 e. The first-order chi connectivity index (χ1) is 12.7. The molecule has 0 aliphatic carbocycles. The number of aromatic nitrogens is 1. The second-order valence-corrected chi connectivity index (χ2v) is 7.02. The average molecular weight is 366 g/mol. The average Bonchev–Trinajstić information content (AvgIpc) is 3.11. The minimum atomic E-state index is -0.0470. The highest BCUT2D eigenvalue weighted by molar-refractivity contribution is 7.13. The lowest BCUT2D eigenvalue weighted by Crippen LogP contribution is -2.33. The molecule has 1 amide bonds. The van der Waals surface area contributed by atoms with Crippen LogP contribution in [-0.4, -0.2) is 22.6 Å². The van der Waals surface area contributed by atoms with E-state index in [0.29, 0.717) is 6.61 Å². The number of benzene rings is 2. The number of carbonyl (C=O) groups is 1. The number of carbonyl (C=O) groups excluding carboxylic acids is 1. The Labute approximate surface area is 155 Å². The van der Waals surface area contributed by atoms with Gasteiger partial charge in [-0.1, -0.05) is 18.2 Å². The van der Waals surface area contributed by atoms with Gasteiger partial charge >= 0.3 is 0 Å². The van der Waals surface area contributed by atoms with Crippen molar-refractivity contribution in [1.29, 1.82) is 0 Å². The fraction of sp³-hybridized carbons (Fsp3) is 0.200. The number of thiazole rings is 1. The number of rotatable bonds is 4. The number of phenols is 1. The van der Waals surface area contributed by atoms with Gasteiger partial charge in [-0.25, -0.2) is 4.98 Å². The molecule has 1 atom stereocenters. The van der Waals surface area contributed by atoms with Crippen LogP contribution in [0.5, 0.6) is 11.5 Å². The number of aromatic hydroxyl groups is 1. The number of amides is 1. The molecule has 5 nitrogen and oxygen atoms in total. The highest BCUT2D eigenvalue weighted by Gasteiger charge is 2.22. The number of para-hydroxylation sites is 1. The third-order valence-electron chi connectivity index (χ3n) is 4.30. The van der Waals surface area contributed by atoms with Gasteiger partial charge in [0.15, 0.2) is 0 Å². The molecular formula is C20H18N2O3S. The first kappa shape index (κ1) is 16.6. The zero-order chi connectivity index (χ0) is 17.9. The molecule has 2 heterocycles. The summed E-state index contributed by atoms with van der Waals surface area (Å²) in [6.45, 7) is 0.601. The molecule has 1 aliphatic rings. The molecule has 0 unspecified atom stereocenters. The Bertz CT molecular complexity index is 921. The van der Waals surface area contributed by atoms with Crippen LogP contribution in [0.3, 0.4) is 0 Å². The molecule has 132 valence electrons. The van der Waals surface area contributed by atoms with Crippen LogP contribution in [0.15, 0.2) is 53.9 Å². The van der Waals surface area contributed by atoms with E-state index in [2.05, 4.69) is 10.3 Å². The Kier molecular flexibility index (Phi) is 4.58. The van der Waals surface area contributed by atoms with Crippen molar-refractivity contribution in [2.75, 3.05) is 6.61 Å². The molecule has 1 aromatic heterocycles. The monoisotopic (exact) mass is 366 g/mol. The van der Waals surface area contributed by atoms with E-state index >= 15 is 0 Å². The number of phenolic OH excluding ortho intramolecular Hbond substituents is 1. The van der Waals surface area contributed by atoms with Gasteiger partial charge in [0.25, 0.3) is 0 Å². The summed E-state index contributed by atoms with van der Waals surface area (Å²) in [5.74, 6) is 1.02. The highest BCUT2D eigenvalue weighted by Crippen LogP contribution is 2.31. The van der Waals surface area contributed by atoms with Crippen LogP contribution >= 0.6 is 11.3 Å². The summed E-state index contributed by atoms with van der Waals surface area (Å²) in [5, 5.41) is 15.2. The quantitative estimate of drug-likeness (QED) is 0.739. The van der Waals surface area contributed by atoms with Gasteiger partial charge in [0.2, 0.25) is 5.91 Å². The van der Waals surface area contributed by atoms with Gasteiger partial charge in [0.1, 0.15) is 16.5 Å². The summed E-state index contributed by atoms with van der Waals surface area (Å²) in [5.41, 5.74) is 2.70. The third-order valence-corrected chi connectivity index (χ3v) is 5.24. The van der Waals surface area contributed by atoms with Crippen molar-refractivity contribution in [2.45, 2.75) is 18.9 Å². The Morgan fingerprint density at radius 1 is 1.23 bits per heavy atom.